The Labute approximate surface area is 156 Å². The van der Waals surface area contributed by atoms with Crippen LogP contribution < -0.4 is 11.1 Å². The van der Waals surface area contributed by atoms with Gasteiger partial charge in [0.05, 0.1) is 30.0 Å². The summed E-state index contributed by atoms with van der Waals surface area (Å²) >= 11 is 0. The van der Waals surface area contributed by atoms with Crippen LogP contribution in [0, 0.1) is 5.92 Å². The fourth-order valence-electron chi connectivity index (χ4n) is 4.67. The second kappa shape index (κ2) is 6.32. The first-order valence-electron chi connectivity index (χ1n) is 8.53. The summed E-state index contributed by atoms with van der Waals surface area (Å²) in [5, 5.41) is 20.5. The van der Waals surface area contributed by atoms with E-state index in [1.165, 1.54) is 0 Å². The van der Waals surface area contributed by atoms with Crippen molar-refractivity contribution in [2.45, 2.75) is 24.7 Å². The Bertz CT molecular complexity index is 784. The number of ether oxygens (including phenoxy) is 1. The van der Waals surface area contributed by atoms with Gasteiger partial charge in [0.15, 0.2) is 5.72 Å². The number of aliphatic hydroxyl groups excluding tert-OH is 1. The van der Waals surface area contributed by atoms with Gasteiger partial charge in [0.1, 0.15) is 0 Å². The van der Waals surface area contributed by atoms with Crippen molar-refractivity contribution in [3.63, 3.8) is 0 Å². The standard InChI is InChI=1S/C16H21N3O4.CH3NO2/c1-7-11(18(2)3)14(22)10-8(6-20)16(23-4)15-9(17-15)5-19(16)12(10)13(7)21;2-1(3)4/h8-9,15,17,20H,5-6H2,1-4H3;2H2,(H,3,4). The number of carboxylic acid groups (broad SMARTS) is 1. The average Bonchev–Trinajstić information content (AvgIpc) is 3.18. The number of amides is 1. The quantitative estimate of drug-likeness (QED) is 0.337. The topological polar surface area (TPSA) is 155 Å². The Hall–Kier alpha value is -2.43. The minimum Gasteiger partial charge on any atom is -0.465 e. The van der Waals surface area contributed by atoms with Crippen LogP contribution in [0.15, 0.2) is 22.5 Å². The van der Waals surface area contributed by atoms with E-state index < -0.39 is 17.7 Å². The van der Waals surface area contributed by atoms with Crippen LogP contribution in [0.5, 0.6) is 0 Å². The number of methoxy groups -OCH3 is 1. The number of nitrogens with one attached hydrogen (secondary N) is 1. The fourth-order valence-corrected chi connectivity index (χ4v) is 4.67. The van der Waals surface area contributed by atoms with Gasteiger partial charge < -0.3 is 35.8 Å². The fraction of sp³-hybridized carbons (Fsp3) is 0.588. The van der Waals surface area contributed by atoms with E-state index in [1.54, 1.807) is 33.0 Å². The third kappa shape index (κ3) is 2.47. The molecule has 0 aromatic carbocycles. The molecule has 10 nitrogen and oxygen atoms in total. The lowest BCUT2D eigenvalue weighted by molar-refractivity contribution is -0.137. The SMILES string of the molecule is COC12C(CO)C3=C(C(=O)C(C)=C(N(C)C)C3=O)N1CC1NC12.NC(=O)O. The van der Waals surface area contributed by atoms with Crippen LogP contribution in [-0.2, 0) is 14.3 Å². The molecule has 4 atom stereocenters. The van der Waals surface area contributed by atoms with Crippen molar-refractivity contribution in [3.05, 3.63) is 22.5 Å². The summed E-state index contributed by atoms with van der Waals surface area (Å²) in [7, 11) is 5.09. The van der Waals surface area contributed by atoms with Crippen LogP contribution >= 0.6 is 0 Å². The summed E-state index contributed by atoms with van der Waals surface area (Å²) in [6.45, 7) is 2.08. The number of nitrogens with two attached hydrogens (primary N) is 1. The van der Waals surface area contributed by atoms with Gasteiger partial charge in [-0.05, 0) is 6.92 Å². The lowest BCUT2D eigenvalue weighted by Crippen LogP contribution is -2.54. The van der Waals surface area contributed by atoms with Gasteiger partial charge >= 0.3 is 6.09 Å². The number of ketones is 2. The summed E-state index contributed by atoms with van der Waals surface area (Å²) in [4.78, 5) is 38.4. The van der Waals surface area contributed by atoms with Crippen LogP contribution in [0.3, 0.4) is 0 Å². The smallest absolute Gasteiger partial charge is 0.402 e. The minimum absolute atomic E-state index is 0.0407. The normalized spacial score (nSPS) is 33.4. The van der Waals surface area contributed by atoms with Crippen molar-refractivity contribution in [3.8, 4) is 0 Å². The lowest BCUT2D eigenvalue weighted by Gasteiger charge is -2.39. The third-order valence-corrected chi connectivity index (χ3v) is 5.63. The zero-order valence-electron chi connectivity index (χ0n) is 15.6. The number of carbonyl (C=O) groups is 3. The summed E-state index contributed by atoms with van der Waals surface area (Å²) < 4.78 is 5.82. The van der Waals surface area contributed by atoms with E-state index in [0.717, 1.165) is 0 Å². The van der Waals surface area contributed by atoms with Gasteiger partial charge in [-0.2, -0.15) is 0 Å². The number of aliphatic hydroxyl groups is 1. The highest BCUT2D eigenvalue weighted by molar-refractivity contribution is 6.25. The molecule has 4 rings (SSSR count). The van der Waals surface area contributed by atoms with Gasteiger partial charge in [-0.1, -0.05) is 0 Å². The number of primary amides is 1. The maximum absolute atomic E-state index is 13.1. The number of rotatable bonds is 3. The van der Waals surface area contributed by atoms with Crippen molar-refractivity contribution >= 4 is 17.7 Å². The van der Waals surface area contributed by atoms with Crippen molar-refractivity contribution in [1.82, 2.24) is 15.1 Å². The van der Waals surface area contributed by atoms with Gasteiger partial charge in [0.2, 0.25) is 11.6 Å². The number of nitrogens with zero attached hydrogens (tertiary/aromatic N) is 2. The second-order valence-corrected chi connectivity index (χ2v) is 7.18. The molecule has 2 fully saturated rings. The third-order valence-electron chi connectivity index (χ3n) is 5.63. The Morgan fingerprint density at radius 1 is 1.41 bits per heavy atom. The van der Waals surface area contributed by atoms with E-state index in [0.29, 0.717) is 29.1 Å². The molecule has 2 saturated heterocycles. The molecule has 0 aromatic rings. The molecule has 148 valence electrons. The number of hydrogen-bond donors (Lipinski definition) is 4. The largest absolute Gasteiger partial charge is 0.465 e. The number of piperazine rings is 1. The molecule has 3 aliphatic heterocycles. The van der Waals surface area contributed by atoms with Crippen LogP contribution in [0.1, 0.15) is 6.92 Å². The molecule has 0 radical (unpaired) electrons. The monoisotopic (exact) mass is 380 g/mol. The van der Waals surface area contributed by atoms with Gasteiger partial charge in [-0.15, -0.1) is 0 Å². The van der Waals surface area contributed by atoms with Gasteiger partial charge in [0, 0.05) is 44.9 Å². The number of carbonyl (C=O) groups excluding carboxylic acids is 2. The summed E-state index contributed by atoms with van der Waals surface area (Å²) in [5.41, 5.74) is 4.88. The highest BCUT2D eigenvalue weighted by Crippen LogP contribution is 2.55. The number of hydrogen-bond acceptors (Lipinski definition) is 8. The zero-order valence-corrected chi connectivity index (χ0v) is 15.6. The minimum atomic E-state index is -1.33. The highest BCUT2D eigenvalue weighted by Gasteiger charge is 2.72. The molecule has 0 bridgehead atoms. The number of allylic oxidation sites excluding steroid dienone is 2. The summed E-state index contributed by atoms with van der Waals surface area (Å²) in [6, 6.07) is 0.291. The average molecular weight is 380 g/mol. The van der Waals surface area contributed by atoms with Gasteiger partial charge in [-0.25, -0.2) is 4.79 Å². The predicted molar refractivity (Wildman–Crippen MR) is 93.4 cm³/mol. The lowest BCUT2D eigenvalue weighted by atomic mass is 9.82. The van der Waals surface area contributed by atoms with E-state index in [2.05, 4.69) is 11.1 Å². The molecule has 4 unspecified atom stereocenters. The van der Waals surface area contributed by atoms with Crippen molar-refractivity contribution in [1.29, 1.82) is 0 Å². The first-order chi connectivity index (χ1) is 12.6. The van der Waals surface area contributed by atoms with Crippen LogP contribution in [0.25, 0.3) is 0 Å². The maximum atomic E-state index is 13.1. The molecule has 4 aliphatic rings. The molecular formula is C17H24N4O6. The van der Waals surface area contributed by atoms with Gasteiger partial charge in [0.25, 0.3) is 0 Å². The molecule has 27 heavy (non-hydrogen) atoms. The van der Waals surface area contributed by atoms with Crippen molar-refractivity contribution in [2.75, 3.05) is 34.4 Å². The van der Waals surface area contributed by atoms with E-state index in [-0.39, 0.29) is 30.3 Å². The summed E-state index contributed by atoms with van der Waals surface area (Å²) in [5.74, 6) is -0.835. The van der Waals surface area contributed by atoms with E-state index >= 15 is 0 Å². The maximum Gasteiger partial charge on any atom is 0.402 e. The molecular weight excluding hydrogens is 356 g/mol. The number of Topliss-reactive ketones (excluding diaryl/α,β-unsaturated/α-hetero) is 2. The van der Waals surface area contributed by atoms with Gasteiger partial charge in [-0.3, -0.25) is 9.59 Å². The van der Waals surface area contributed by atoms with Crippen LogP contribution in [-0.4, -0.2) is 89.8 Å². The van der Waals surface area contributed by atoms with E-state index in [4.69, 9.17) is 14.6 Å². The van der Waals surface area contributed by atoms with E-state index in [9.17, 15) is 14.7 Å². The molecule has 10 heteroatoms. The highest BCUT2D eigenvalue weighted by atomic mass is 16.5. The molecule has 3 heterocycles. The Morgan fingerprint density at radius 2 is 2.00 bits per heavy atom. The van der Waals surface area contributed by atoms with E-state index in [1.807, 2.05) is 4.90 Å². The Morgan fingerprint density at radius 3 is 2.48 bits per heavy atom. The molecule has 0 aromatic heterocycles. The molecule has 1 aliphatic carbocycles. The molecule has 1 amide bonds. The van der Waals surface area contributed by atoms with Crippen molar-refractivity contribution < 1.29 is 29.3 Å². The Balaban J connectivity index is 0.000000481. The Kier molecular flexibility index (Phi) is 4.53. The van der Waals surface area contributed by atoms with Crippen LogP contribution in [0.4, 0.5) is 4.79 Å². The predicted octanol–water partition coefficient (Wildman–Crippen LogP) is -1.53. The molecule has 0 saturated carbocycles. The van der Waals surface area contributed by atoms with Crippen molar-refractivity contribution in [2.24, 2.45) is 11.7 Å². The number of likely N-dealkylation sites (N-methyl/N-ethyl adjacent to an activating group) is 1. The summed E-state index contributed by atoms with van der Waals surface area (Å²) in [6.07, 6.45) is -1.33. The van der Waals surface area contributed by atoms with Crippen LogP contribution in [0.2, 0.25) is 0 Å². The number of fused-ring (bicyclic) bond motifs is 4. The molecule has 0 spiro atoms. The first kappa shape index (κ1) is 19.3. The first-order valence-corrected chi connectivity index (χ1v) is 8.53. The second-order valence-electron chi connectivity index (χ2n) is 7.18. The molecule has 5 N–H and O–H groups in total. The zero-order chi connectivity index (χ0) is 20.3.